The van der Waals surface area contributed by atoms with Crippen LogP contribution in [0, 0.1) is 10.1 Å². The number of pyridine rings is 1. The minimum absolute atomic E-state index is 0.110. The molecule has 0 spiro atoms. The van der Waals surface area contributed by atoms with Crippen molar-refractivity contribution in [3.63, 3.8) is 0 Å². The van der Waals surface area contributed by atoms with E-state index in [9.17, 15) is 14.9 Å². The van der Waals surface area contributed by atoms with E-state index in [0.29, 0.717) is 18.7 Å². The molecule has 0 aliphatic rings. The molecule has 0 aliphatic heterocycles. The monoisotopic (exact) mass is 448 g/mol. The molecule has 3 aromatic rings. The van der Waals surface area contributed by atoms with Crippen LogP contribution in [0.2, 0.25) is 0 Å². The Hall–Kier alpha value is -3.94. The number of carbonyl (C=O) groups excluding carboxylic acids is 1. The Balaban J connectivity index is 1.61. The van der Waals surface area contributed by atoms with Crippen molar-refractivity contribution < 1.29 is 14.5 Å². The number of rotatable bonds is 10. The first-order chi connectivity index (χ1) is 15.8. The third-order valence-electron chi connectivity index (χ3n) is 4.95. The molecule has 1 aromatic heterocycles. The van der Waals surface area contributed by atoms with Gasteiger partial charge in [0.25, 0.3) is 11.6 Å². The number of benzene rings is 2. The summed E-state index contributed by atoms with van der Waals surface area (Å²) >= 11 is 0. The smallest absolute Gasteiger partial charge is 0.293 e. The summed E-state index contributed by atoms with van der Waals surface area (Å²) in [6.45, 7) is 6.22. The number of hydrogen-bond donors (Lipinski definition) is 2. The Morgan fingerprint density at radius 2 is 1.85 bits per heavy atom. The van der Waals surface area contributed by atoms with Gasteiger partial charge in [-0.3, -0.25) is 19.9 Å². The Morgan fingerprint density at radius 1 is 1.09 bits per heavy atom. The maximum absolute atomic E-state index is 12.6. The average Bonchev–Trinajstić information content (AvgIpc) is 2.80. The molecule has 1 heterocycles. The number of ether oxygens (including phenoxy) is 1. The second kappa shape index (κ2) is 11.1. The highest BCUT2D eigenvalue weighted by molar-refractivity contribution is 5.95. The molecule has 0 saturated heterocycles. The van der Waals surface area contributed by atoms with Crippen LogP contribution < -0.4 is 15.4 Å². The molecule has 0 fully saturated rings. The first kappa shape index (κ1) is 23.7. The predicted molar refractivity (Wildman–Crippen MR) is 128 cm³/mol. The maximum Gasteiger partial charge on any atom is 0.293 e. The van der Waals surface area contributed by atoms with E-state index in [1.807, 2.05) is 63.2 Å². The van der Waals surface area contributed by atoms with E-state index in [-0.39, 0.29) is 29.3 Å². The molecule has 1 unspecified atom stereocenters. The van der Waals surface area contributed by atoms with Crippen LogP contribution in [-0.4, -0.2) is 28.5 Å². The number of carbonyl (C=O) groups is 1. The van der Waals surface area contributed by atoms with Crippen molar-refractivity contribution in [1.82, 2.24) is 10.3 Å². The van der Waals surface area contributed by atoms with E-state index in [1.165, 1.54) is 6.07 Å². The summed E-state index contributed by atoms with van der Waals surface area (Å²) in [6, 6.07) is 17.4. The largest absolute Gasteiger partial charge is 0.491 e. The minimum atomic E-state index is -0.495. The number of amides is 1. The van der Waals surface area contributed by atoms with Gasteiger partial charge in [0, 0.05) is 24.4 Å². The zero-order valence-electron chi connectivity index (χ0n) is 18.9. The zero-order chi connectivity index (χ0) is 23.8. The topological polar surface area (TPSA) is 106 Å². The van der Waals surface area contributed by atoms with Crippen LogP contribution in [0.5, 0.6) is 5.75 Å². The highest BCUT2D eigenvalue weighted by Crippen LogP contribution is 2.29. The number of aromatic nitrogens is 1. The van der Waals surface area contributed by atoms with Crippen LogP contribution in [0.25, 0.3) is 0 Å². The van der Waals surface area contributed by atoms with Crippen LogP contribution in [0.1, 0.15) is 48.4 Å². The fourth-order valence-electron chi connectivity index (χ4n) is 3.31. The number of nitro groups is 1. The Bertz CT molecular complexity index is 1090. The Labute approximate surface area is 193 Å². The summed E-state index contributed by atoms with van der Waals surface area (Å²) in [5, 5.41) is 17.5. The first-order valence-corrected chi connectivity index (χ1v) is 10.8. The Kier molecular flexibility index (Phi) is 7.96. The SMILES string of the molecule is CC(C)Oc1ccc(CCNC(=O)c2ccc(NC(C)c3ccccn3)c([N+](=O)[O-])c2)cc1. The molecular formula is C25H28N4O4. The lowest BCUT2D eigenvalue weighted by molar-refractivity contribution is -0.384. The number of nitrogens with zero attached hydrogens (tertiary/aromatic N) is 2. The van der Waals surface area contributed by atoms with E-state index in [1.54, 1.807) is 18.3 Å². The normalized spacial score (nSPS) is 11.6. The van der Waals surface area contributed by atoms with Crippen molar-refractivity contribution in [3.8, 4) is 5.75 Å². The summed E-state index contributed by atoms with van der Waals surface area (Å²) in [6.07, 6.45) is 2.42. The molecule has 33 heavy (non-hydrogen) atoms. The fourth-order valence-corrected chi connectivity index (χ4v) is 3.31. The molecule has 2 aromatic carbocycles. The van der Waals surface area contributed by atoms with Crippen LogP contribution in [0.15, 0.2) is 66.9 Å². The molecule has 1 atom stereocenters. The van der Waals surface area contributed by atoms with Gasteiger partial charge in [-0.05, 0) is 69.2 Å². The molecule has 0 aliphatic carbocycles. The van der Waals surface area contributed by atoms with Gasteiger partial charge in [0.1, 0.15) is 11.4 Å². The quantitative estimate of drug-likeness (QED) is 0.337. The molecule has 3 rings (SSSR count). The highest BCUT2D eigenvalue weighted by atomic mass is 16.6. The number of anilines is 1. The third-order valence-corrected chi connectivity index (χ3v) is 4.95. The molecule has 1 amide bonds. The van der Waals surface area contributed by atoms with E-state index < -0.39 is 4.92 Å². The van der Waals surface area contributed by atoms with Crippen molar-refractivity contribution in [2.75, 3.05) is 11.9 Å². The van der Waals surface area contributed by atoms with Crippen molar-refractivity contribution in [2.24, 2.45) is 0 Å². The van der Waals surface area contributed by atoms with Crippen molar-refractivity contribution in [3.05, 3.63) is 93.8 Å². The number of nitrogens with one attached hydrogen (secondary N) is 2. The number of hydrogen-bond acceptors (Lipinski definition) is 6. The molecule has 8 heteroatoms. The molecule has 0 radical (unpaired) electrons. The van der Waals surface area contributed by atoms with Gasteiger partial charge in [-0.25, -0.2) is 0 Å². The van der Waals surface area contributed by atoms with Crippen LogP contribution >= 0.6 is 0 Å². The number of nitro benzene ring substituents is 1. The molecule has 2 N–H and O–H groups in total. The predicted octanol–water partition coefficient (Wildman–Crippen LogP) is 4.92. The lowest BCUT2D eigenvalue weighted by Gasteiger charge is -2.15. The maximum atomic E-state index is 12.6. The van der Waals surface area contributed by atoms with Gasteiger partial charge < -0.3 is 15.4 Å². The van der Waals surface area contributed by atoms with Crippen LogP contribution in [-0.2, 0) is 6.42 Å². The molecule has 0 bridgehead atoms. The highest BCUT2D eigenvalue weighted by Gasteiger charge is 2.19. The van der Waals surface area contributed by atoms with E-state index in [4.69, 9.17) is 4.74 Å². The third kappa shape index (κ3) is 6.77. The van der Waals surface area contributed by atoms with Crippen LogP contribution in [0.3, 0.4) is 0 Å². The first-order valence-electron chi connectivity index (χ1n) is 10.8. The van der Waals surface area contributed by atoms with Gasteiger partial charge in [0.2, 0.25) is 0 Å². The molecule has 8 nitrogen and oxygen atoms in total. The van der Waals surface area contributed by atoms with Gasteiger partial charge in [0.05, 0.1) is 22.8 Å². The standard InChI is InChI=1S/C25H28N4O4/c1-17(2)33-21-10-7-19(8-11-21)13-15-27-25(30)20-9-12-23(24(16-20)29(31)32)28-18(3)22-6-4-5-14-26-22/h4-12,14,16-18,28H,13,15H2,1-3H3,(H,27,30). The Morgan fingerprint density at radius 3 is 2.48 bits per heavy atom. The summed E-state index contributed by atoms with van der Waals surface area (Å²) in [5.74, 6) is 0.443. The van der Waals surface area contributed by atoms with Gasteiger partial charge in [-0.15, -0.1) is 0 Å². The second-order valence-corrected chi connectivity index (χ2v) is 7.93. The van der Waals surface area contributed by atoms with Crippen molar-refractivity contribution >= 4 is 17.3 Å². The van der Waals surface area contributed by atoms with Gasteiger partial charge in [-0.2, -0.15) is 0 Å². The summed E-state index contributed by atoms with van der Waals surface area (Å²) in [4.78, 5) is 27.9. The van der Waals surface area contributed by atoms with E-state index >= 15 is 0 Å². The van der Waals surface area contributed by atoms with E-state index in [0.717, 1.165) is 17.0 Å². The summed E-state index contributed by atoms with van der Waals surface area (Å²) in [7, 11) is 0. The molecule has 172 valence electrons. The van der Waals surface area contributed by atoms with E-state index in [2.05, 4.69) is 15.6 Å². The van der Waals surface area contributed by atoms with Gasteiger partial charge in [0.15, 0.2) is 0 Å². The van der Waals surface area contributed by atoms with Gasteiger partial charge >= 0.3 is 0 Å². The molecule has 0 saturated carbocycles. The fraction of sp³-hybridized carbons (Fsp3) is 0.280. The lowest BCUT2D eigenvalue weighted by Crippen LogP contribution is -2.25. The minimum Gasteiger partial charge on any atom is -0.491 e. The average molecular weight is 449 g/mol. The second-order valence-electron chi connectivity index (χ2n) is 7.93. The zero-order valence-corrected chi connectivity index (χ0v) is 18.9. The van der Waals surface area contributed by atoms with Crippen LogP contribution in [0.4, 0.5) is 11.4 Å². The lowest BCUT2D eigenvalue weighted by atomic mass is 10.1. The van der Waals surface area contributed by atoms with Gasteiger partial charge in [-0.1, -0.05) is 18.2 Å². The molecular weight excluding hydrogens is 420 g/mol. The van der Waals surface area contributed by atoms with Crippen molar-refractivity contribution in [1.29, 1.82) is 0 Å². The summed E-state index contributed by atoms with van der Waals surface area (Å²) in [5.41, 5.74) is 2.22. The summed E-state index contributed by atoms with van der Waals surface area (Å²) < 4.78 is 5.63. The van der Waals surface area contributed by atoms with Crippen molar-refractivity contribution in [2.45, 2.75) is 39.3 Å².